The van der Waals surface area contributed by atoms with Crippen molar-refractivity contribution in [3.63, 3.8) is 0 Å². The Labute approximate surface area is 199 Å². The molecule has 0 aromatic heterocycles. The lowest BCUT2D eigenvalue weighted by Crippen LogP contribution is -2.28. The maximum Gasteiger partial charge on any atom is 0.338 e. The molecule has 3 rings (SSSR count). The van der Waals surface area contributed by atoms with E-state index in [4.69, 9.17) is 9.47 Å². The van der Waals surface area contributed by atoms with E-state index in [1.54, 1.807) is 24.0 Å². The van der Waals surface area contributed by atoms with Crippen LogP contribution in [-0.2, 0) is 30.3 Å². The van der Waals surface area contributed by atoms with E-state index in [0.29, 0.717) is 11.3 Å². The topological polar surface area (TPSA) is 102 Å². The van der Waals surface area contributed by atoms with Crippen molar-refractivity contribution in [2.75, 3.05) is 30.0 Å². The highest BCUT2D eigenvalue weighted by Gasteiger charge is 2.36. The lowest BCUT2D eigenvalue weighted by molar-refractivity contribution is -0.151. The van der Waals surface area contributed by atoms with Crippen LogP contribution in [-0.4, -0.2) is 43.5 Å². The molecule has 1 N–H and O–H groups in total. The standard InChI is InChI=1S/C26H30N2O6/c1-3-5-6-18-7-13-22(14-8-18)28-16-20(15-24(28)30)26(32)34-17-23(29)27-21-11-9-19(10-12-21)25(31)33-4-2/h7-14,20H,3-6,15-17H2,1-2H3,(H,27,29)/t20-/m1/s1. The average molecular weight is 467 g/mol. The molecule has 1 heterocycles. The van der Waals surface area contributed by atoms with Gasteiger partial charge in [-0.1, -0.05) is 25.5 Å². The number of amides is 2. The van der Waals surface area contributed by atoms with Crippen LogP contribution in [0.15, 0.2) is 48.5 Å². The number of unbranched alkanes of at least 4 members (excludes halogenated alkanes) is 1. The quantitative estimate of drug-likeness (QED) is 0.535. The van der Waals surface area contributed by atoms with E-state index in [1.807, 2.05) is 24.3 Å². The second-order valence-corrected chi connectivity index (χ2v) is 8.13. The number of rotatable bonds is 10. The summed E-state index contributed by atoms with van der Waals surface area (Å²) in [5, 5.41) is 2.60. The Hall–Kier alpha value is -3.68. The van der Waals surface area contributed by atoms with Gasteiger partial charge in [0.25, 0.3) is 5.91 Å². The first-order valence-corrected chi connectivity index (χ1v) is 11.5. The largest absolute Gasteiger partial charge is 0.462 e. The van der Waals surface area contributed by atoms with Gasteiger partial charge in [-0.3, -0.25) is 14.4 Å². The molecule has 1 aliphatic heterocycles. The van der Waals surface area contributed by atoms with Crippen LogP contribution in [0.4, 0.5) is 11.4 Å². The first-order chi connectivity index (χ1) is 16.4. The van der Waals surface area contributed by atoms with Crippen molar-refractivity contribution >= 4 is 35.1 Å². The SMILES string of the molecule is CCCCc1ccc(N2C[C@H](C(=O)OCC(=O)Nc3ccc(C(=O)OCC)cc3)CC2=O)cc1. The minimum absolute atomic E-state index is 0.0490. The molecule has 1 fully saturated rings. The van der Waals surface area contributed by atoms with E-state index >= 15 is 0 Å². The van der Waals surface area contributed by atoms with Gasteiger partial charge in [-0.15, -0.1) is 0 Å². The zero-order chi connectivity index (χ0) is 24.5. The van der Waals surface area contributed by atoms with Crippen LogP contribution in [0.3, 0.4) is 0 Å². The molecule has 8 heteroatoms. The van der Waals surface area contributed by atoms with E-state index in [9.17, 15) is 19.2 Å². The first-order valence-electron chi connectivity index (χ1n) is 11.5. The summed E-state index contributed by atoms with van der Waals surface area (Å²) in [4.78, 5) is 50.3. The highest BCUT2D eigenvalue weighted by Crippen LogP contribution is 2.26. The number of benzene rings is 2. The third-order valence-corrected chi connectivity index (χ3v) is 5.55. The number of hydrogen-bond acceptors (Lipinski definition) is 6. The summed E-state index contributed by atoms with van der Waals surface area (Å²) >= 11 is 0. The molecule has 0 aliphatic carbocycles. The highest BCUT2D eigenvalue weighted by atomic mass is 16.5. The zero-order valence-corrected chi connectivity index (χ0v) is 19.5. The van der Waals surface area contributed by atoms with Gasteiger partial charge in [0, 0.05) is 24.3 Å². The molecule has 0 bridgehead atoms. The monoisotopic (exact) mass is 466 g/mol. The lowest BCUT2D eigenvalue weighted by atomic mass is 10.1. The van der Waals surface area contributed by atoms with Crippen molar-refractivity contribution in [2.24, 2.45) is 5.92 Å². The van der Waals surface area contributed by atoms with E-state index in [0.717, 1.165) is 24.9 Å². The minimum atomic E-state index is -0.621. The van der Waals surface area contributed by atoms with E-state index in [-0.39, 0.29) is 25.5 Å². The predicted octanol–water partition coefficient (Wildman–Crippen LogP) is 3.74. The van der Waals surface area contributed by atoms with Crippen LogP contribution in [0, 0.1) is 5.92 Å². The summed E-state index contributed by atoms with van der Waals surface area (Å²) in [5.41, 5.74) is 2.80. The zero-order valence-electron chi connectivity index (χ0n) is 19.5. The van der Waals surface area contributed by atoms with Crippen molar-refractivity contribution < 1.29 is 28.7 Å². The number of hydrogen-bond donors (Lipinski definition) is 1. The van der Waals surface area contributed by atoms with Crippen molar-refractivity contribution in [2.45, 2.75) is 39.5 Å². The molecule has 180 valence electrons. The van der Waals surface area contributed by atoms with Crippen LogP contribution in [0.2, 0.25) is 0 Å². The van der Waals surface area contributed by atoms with Gasteiger partial charge >= 0.3 is 11.9 Å². The Kier molecular flexibility index (Phi) is 8.79. The van der Waals surface area contributed by atoms with Crippen molar-refractivity contribution in [1.82, 2.24) is 0 Å². The van der Waals surface area contributed by atoms with Gasteiger partial charge in [0.05, 0.1) is 18.1 Å². The van der Waals surface area contributed by atoms with Gasteiger partial charge in [-0.25, -0.2) is 4.79 Å². The van der Waals surface area contributed by atoms with E-state index < -0.39 is 30.4 Å². The van der Waals surface area contributed by atoms with E-state index in [2.05, 4.69) is 12.2 Å². The Morgan fingerprint density at radius 2 is 1.71 bits per heavy atom. The predicted molar refractivity (Wildman–Crippen MR) is 128 cm³/mol. The average Bonchev–Trinajstić information content (AvgIpc) is 3.23. The molecule has 2 amide bonds. The number of ether oxygens (including phenoxy) is 2. The third kappa shape index (κ3) is 6.66. The lowest BCUT2D eigenvalue weighted by Gasteiger charge is -2.17. The maximum absolute atomic E-state index is 12.4. The van der Waals surface area contributed by atoms with E-state index in [1.165, 1.54) is 17.7 Å². The second-order valence-electron chi connectivity index (χ2n) is 8.13. The summed E-state index contributed by atoms with van der Waals surface area (Å²) in [6, 6.07) is 14.0. The molecule has 0 saturated carbocycles. The van der Waals surface area contributed by atoms with Crippen LogP contribution in [0.25, 0.3) is 0 Å². The maximum atomic E-state index is 12.4. The Morgan fingerprint density at radius 1 is 1.00 bits per heavy atom. The normalized spacial score (nSPS) is 15.2. The number of nitrogens with one attached hydrogen (secondary N) is 1. The number of carbonyl (C=O) groups is 4. The summed E-state index contributed by atoms with van der Waals surface area (Å²) < 4.78 is 10.1. The molecular formula is C26H30N2O6. The Bertz CT molecular complexity index is 1020. The Morgan fingerprint density at radius 3 is 2.35 bits per heavy atom. The summed E-state index contributed by atoms with van der Waals surface area (Å²) in [6.45, 7) is 3.90. The molecule has 0 spiro atoms. The smallest absolute Gasteiger partial charge is 0.338 e. The van der Waals surface area contributed by atoms with Crippen LogP contribution >= 0.6 is 0 Å². The number of aryl methyl sites for hydroxylation is 1. The molecule has 8 nitrogen and oxygen atoms in total. The fourth-order valence-electron chi connectivity index (χ4n) is 3.69. The summed E-state index contributed by atoms with van der Waals surface area (Å²) in [6.07, 6.45) is 3.28. The van der Waals surface area contributed by atoms with Crippen LogP contribution < -0.4 is 10.2 Å². The molecule has 2 aromatic rings. The third-order valence-electron chi connectivity index (χ3n) is 5.55. The molecule has 2 aromatic carbocycles. The van der Waals surface area contributed by atoms with Gasteiger partial charge in [0.2, 0.25) is 5.91 Å². The number of esters is 2. The summed E-state index contributed by atoms with van der Waals surface area (Å²) in [7, 11) is 0. The molecule has 0 unspecified atom stereocenters. The van der Waals surface area contributed by atoms with Gasteiger partial charge < -0.3 is 19.7 Å². The number of nitrogens with zero attached hydrogens (tertiary/aromatic N) is 1. The fraction of sp³-hybridized carbons (Fsp3) is 0.385. The molecule has 0 radical (unpaired) electrons. The van der Waals surface area contributed by atoms with Crippen LogP contribution in [0.5, 0.6) is 0 Å². The molecule has 34 heavy (non-hydrogen) atoms. The molecule has 1 atom stereocenters. The van der Waals surface area contributed by atoms with Crippen molar-refractivity contribution in [3.05, 3.63) is 59.7 Å². The van der Waals surface area contributed by atoms with Crippen LogP contribution in [0.1, 0.15) is 49.0 Å². The minimum Gasteiger partial charge on any atom is -0.462 e. The highest BCUT2D eigenvalue weighted by molar-refractivity contribution is 6.00. The molecular weight excluding hydrogens is 436 g/mol. The molecule has 1 saturated heterocycles. The van der Waals surface area contributed by atoms with Gasteiger partial charge in [0.15, 0.2) is 6.61 Å². The summed E-state index contributed by atoms with van der Waals surface area (Å²) in [5.74, 6) is -2.30. The number of anilines is 2. The van der Waals surface area contributed by atoms with Gasteiger partial charge in [0.1, 0.15) is 0 Å². The molecule has 1 aliphatic rings. The fourth-order valence-corrected chi connectivity index (χ4v) is 3.69. The van der Waals surface area contributed by atoms with Crippen molar-refractivity contribution in [3.8, 4) is 0 Å². The Balaban J connectivity index is 1.47. The van der Waals surface area contributed by atoms with Gasteiger partial charge in [-0.2, -0.15) is 0 Å². The second kappa shape index (κ2) is 12.0. The number of carbonyl (C=O) groups excluding carboxylic acids is 4. The van der Waals surface area contributed by atoms with Gasteiger partial charge in [-0.05, 0) is 61.7 Å². The first kappa shape index (κ1) is 25.0. The van der Waals surface area contributed by atoms with Crippen molar-refractivity contribution in [1.29, 1.82) is 0 Å².